The molecule has 0 N–H and O–H groups in total. The lowest BCUT2D eigenvalue weighted by atomic mass is 10.2. The number of para-hydroxylation sites is 1. The predicted molar refractivity (Wildman–Crippen MR) is 75.1 cm³/mol. The van der Waals surface area contributed by atoms with Crippen LogP contribution in [0, 0.1) is 5.82 Å². The molecule has 0 saturated carbocycles. The standard InChI is InChI=1S/C14H9FN4OS/c15-11-6-10(9-20)7-13(8-11)21-14-16-17-18-19(14)12-4-2-1-3-5-12/h1-9H. The summed E-state index contributed by atoms with van der Waals surface area (Å²) in [6.07, 6.45) is 0.604. The van der Waals surface area contributed by atoms with Crippen LogP contribution in [0.25, 0.3) is 5.69 Å². The normalized spacial score (nSPS) is 10.5. The average Bonchev–Trinajstić information content (AvgIpc) is 2.95. The zero-order valence-corrected chi connectivity index (χ0v) is 11.5. The number of benzene rings is 2. The lowest BCUT2D eigenvalue weighted by Gasteiger charge is -2.04. The highest BCUT2D eigenvalue weighted by molar-refractivity contribution is 7.99. The zero-order valence-electron chi connectivity index (χ0n) is 10.7. The third-order valence-corrected chi connectivity index (χ3v) is 3.59. The summed E-state index contributed by atoms with van der Waals surface area (Å²) in [6, 6.07) is 13.5. The molecule has 0 spiro atoms. The van der Waals surface area contributed by atoms with E-state index in [9.17, 15) is 9.18 Å². The SMILES string of the molecule is O=Cc1cc(F)cc(Sc2nnnn2-c2ccccc2)c1. The molecule has 0 radical (unpaired) electrons. The molecule has 0 atom stereocenters. The first kappa shape index (κ1) is 13.4. The number of carbonyl (C=O) groups is 1. The van der Waals surface area contributed by atoms with Crippen LogP contribution in [0.15, 0.2) is 58.6 Å². The van der Waals surface area contributed by atoms with Crippen molar-refractivity contribution >= 4 is 18.0 Å². The third kappa shape index (κ3) is 2.97. The van der Waals surface area contributed by atoms with E-state index < -0.39 is 5.82 Å². The van der Waals surface area contributed by atoms with E-state index >= 15 is 0 Å². The van der Waals surface area contributed by atoms with Gasteiger partial charge in [0.25, 0.3) is 0 Å². The molecule has 5 nitrogen and oxygen atoms in total. The number of rotatable bonds is 4. The number of nitrogens with zero attached hydrogens (tertiary/aromatic N) is 4. The van der Waals surface area contributed by atoms with Gasteiger partial charge in [-0.3, -0.25) is 4.79 Å². The molecular formula is C14H9FN4OS. The summed E-state index contributed by atoms with van der Waals surface area (Å²) in [5, 5.41) is 12.0. The number of aldehydes is 1. The molecule has 21 heavy (non-hydrogen) atoms. The van der Waals surface area contributed by atoms with Crippen molar-refractivity contribution in [2.24, 2.45) is 0 Å². The van der Waals surface area contributed by atoms with Gasteiger partial charge in [-0.25, -0.2) is 4.39 Å². The Morgan fingerprint density at radius 2 is 1.95 bits per heavy atom. The zero-order chi connectivity index (χ0) is 14.7. The number of tetrazole rings is 1. The Hall–Kier alpha value is -2.54. The molecule has 0 saturated heterocycles. The summed E-state index contributed by atoms with van der Waals surface area (Å²) in [5.41, 5.74) is 1.08. The van der Waals surface area contributed by atoms with E-state index in [-0.39, 0.29) is 5.56 Å². The van der Waals surface area contributed by atoms with Gasteiger partial charge in [0.1, 0.15) is 12.1 Å². The molecular weight excluding hydrogens is 291 g/mol. The van der Waals surface area contributed by atoms with Gasteiger partial charge in [0.15, 0.2) is 0 Å². The highest BCUT2D eigenvalue weighted by atomic mass is 32.2. The van der Waals surface area contributed by atoms with Crippen molar-refractivity contribution in [3.63, 3.8) is 0 Å². The number of carbonyl (C=O) groups excluding carboxylic acids is 1. The summed E-state index contributed by atoms with van der Waals surface area (Å²) in [7, 11) is 0. The second-order valence-corrected chi connectivity index (χ2v) is 5.19. The molecule has 0 fully saturated rings. The monoisotopic (exact) mass is 300 g/mol. The van der Waals surface area contributed by atoms with Crippen LogP contribution in [-0.2, 0) is 0 Å². The summed E-state index contributed by atoms with van der Waals surface area (Å²) in [4.78, 5) is 11.3. The first-order valence-electron chi connectivity index (χ1n) is 6.04. The Bertz CT molecular complexity index is 776. The van der Waals surface area contributed by atoms with Crippen molar-refractivity contribution in [1.29, 1.82) is 0 Å². The summed E-state index contributed by atoms with van der Waals surface area (Å²) in [5.74, 6) is -0.471. The molecule has 0 bridgehead atoms. The Morgan fingerprint density at radius 3 is 2.71 bits per heavy atom. The molecule has 1 aromatic heterocycles. The second-order valence-electron chi connectivity index (χ2n) is 4.15. The molecule has 2 aromatic carbocycles. The fourth-order valence-corrected chi connectivity index (χ4v) is 2.67. The maximum atomic E-state index is 13.4. The first-order valence-corrected chi connectivity index (χ1v) is 6.85. The maximum absolute atomic E-state index is 13.4. The van der Waals surface area contributed by atoms with E-state index in [0.717, 1.165) is 5.69 Å². The van der Waals surface area contributed by atoms with Crippen LogP contribution in [0.5, 0.6) is 0 Å². The Kier molecular flexibility index (Phi) is 3.74. The van der Waals surface area contributed by atoms with Crippen LogP contribution >= 0.6 is 11.8 Å². The minimum atomic E-state index is -0.471. The van der Waals surface area contributed by atoms with E-state index in [1.807, 2.05) is 30.3 Å². The molecule has 0 amide bonds. The summed E-state index contributed by atoms with van der Waals surface area (Å²) >= 11 is 1.19. The highest BCUT2D eigenvalue weighted by Crippen LogP contribution is 2.28. The number of aromatic nitrogens is 4. The van der Waals surface area contributed by atoms with Crippen molar-refractivity contribution in [1.82, 2.24) is 20.2 Å². The Labute approximate surface area is 123 Å². The van der Waals surface area contributed by atoms with Gasteiger partial charge >= 0.3 is 0 Å². The molecule has 0 aliphatic rings. The highest BCUT2D eigenvalue weighted by Gasteiger charge is 2.11. The topological polar surface area (TPSA) is 60.7 Å². The van der Waals surface area contributed by atoms with E-state index in [1.54, 1.807) is 10.7 Å². The third-order valence-electron chi connectivity index (χ3n) is 2.68. The van der Waals surface area contributed by atoms with Crippen molar-refractivity contribution in [3.8, 4) is 5.69 Å². The maximum Gasteiger partial charge on any atom is 0.218 e. The molecule has 3 aromatic rings. The molecule has 3 rings (SSSR count). The number of hydrogen-bond donors (Lipinski definition) is 0. The van der Waals surface area contributed by atoms with Crippen molar-refractivity contribution < 1.29 is 9.18 Å². The summed E-state index contributed by atoms with van der Waals surface area (Å²) in [6.45, 7) is 0. The van der Waals surface area contributed by atoms with Gasteiger partial charge < -0.3 is 0 Å². The van der Waals surface area contributed by atoms with Gasteiger partial charge in [-0.2, -0.15) is 4.68 Å². The van der Waals surface area contributed by atoms with E-state index in [1.165, 1.54) is 23.9 Å². The van der Waals surface area contributed by atoms with Crippen LogP contribution in [0.1, 0.15) is 10.4 Å². The van der Waals surface area contributed by atoms with E-state index in [4.69, 9.17) is 0 Å². The minimum absolute atomic E-state index is 0.274. The summed E-state index contributed by atoms with van der Waals surface area (Å²) < 4.78 is 15.0. The Balaban J connectivity index is 1.95. The van der Waals surface area contributed by atoms with Crippen molar-refractivity contribution in [2.45, 2.75) is 10.1 Å². The van der Waals surface area contributed by atoms with Crippen LogP contribution in [0.2, 0.25) is 0 Å². The van der Waals surface area contributed by atoms with Gasteiger partial charge in [-0.1, -0.05) is 18.2 Å². The van der Waals surface area contributed by atoms with Crippen LogP contribution in [0.4, 0.5) is 4.39 Å². The van der Waals surface area contributed by atoms with Gasteiger partial charge in [-0.15, -0.1) is 5.10 Å². The smallest absolute Gasteiger partial charge is 0.218 e. The molecule has 7 heteroatoms. The number of halogens is 1. The molecule has 0 unspecified atom stereocenters. The minimum Gasteiger partial charge on any atom is -0.298 e. The first-order chi connectivity index (χ1) is 10.3. The molecule has 104 valence electrons. The number of hydrogen-bond acceptors (Lipinski definition) is 5. The lowest BCUT2D eigenvalue weighted by Crippen LogP contribution is -1.98. The molecule has 0 aliphatic carbocycles. The molecule has 0 aliphatic heterocycles. The van der Waals surface area contributed by atoms with Crippen molar-refractivity contribution in [3.05, 3.63) is 59.9 Å². The fourth-order valence-electron chi connectivity index (χ4n) is 1.79. The second kappa shape index (κ2) is 5.84. The Morgan fingerprint density at radius 1 is 1.14 bits per heavy atom. The van der Waals surface area contributed by atoms with E-state index in [0.29, 0.717) is 16.3 Å². The van der Waals surface area contributed by atoms with Crippen LogP contribution < -0.4 is 0 Å². The quantitative estimate of drug-likeness (QED) is 0.693. The lowest BCUT2D eigenvalue weighted by molar-refractivity contribution is 0.112. The van der Waals surface area contributed by atoms with Crippen LogP contribution in [0.3, 0.4) is 0 Å². The van der Waals surface area contributed by atoms with Gasteiger partial charge in [0, 0.05) is 10.5 Å². The van der Waals surface area contributed by atoms with Crippen LogP contribution in [-0.4, -0.2) is 26.5 Å². The van der Waals surface area contributed by atoms with Gasteiger partial charge in [-0.05, 0) is 52.5 Å². The van der Waals surface area contributed by atoms with Crippen molar-refractivity contribution in [2.75, 3.05) is 0 Å². The largest absolute Gasteiger partial charge is 0.298 e. The fraction of sp³-hybridized carbons (Fsp3) is 0. The van der Waals surface area contributed by atoms with Gasteiger partial charge in [0.05, 0.1) is 5.69 Å². The van der Waals surface area contributed by atoms with Gasteiger partial charge in [0.2, 0.25) is 5.16 Å². The van der Waals surface area contributed by atoms with E-state index in [2.05, 4.69) is 15.5 Å². The molecule has 1 heterocycles. The average molecular weight is 300 g/mol. The predicted octanol–water partition coefficient (Wildman–Crippen LogP) is 2.77.